The molecule has 0 atom stereocenters. The van der Waals surface area contributed by atoms with E-state index in [4.69, 9.17) is 0 Å². The first-order valence-electron chi connectivity index (χ1n) is 31.6. The van der Waals surface area contributed by atoms with Gasteiger partial charge in [0.2, 0.25) is 0 Å². The van der Waals surface area contributed by atoms with Gasteiger partial charge in [-0.15, -0.1) is 0 Å². The standard InChI is InChI=1S/C87H74N2/c1-57-21-13-10-14-22-62-39-40-67(53-78(62)84(57,2)3)88(65-23-15-11-16-24-65)69-42-47-75-72-44-35-60(51-79(72)86(6,7)82(75)55-69)31-29-58-33-37-64-50-59(34-38-63(64)49-58)30-32-61-36-45-73-76-48-43-70(56-83(76)87(8,9)80(73)52-61)89(66-25-17-12-18-26-66)68-41-46-74-71-27-19-20-28-77(71)85(4,5)81(74)54-68/h10-21,23-56H,1,22H2,2-9H3/b14-10-,21-13-,31-29+,32-30+. The van der Waals surface area contributed by atoms with Crippen LogP contribution in [0.3, 0.4) is 0 Å². The molecule has 0 aromatic heterocycles. The maximum Gasteiger partial charge on any atom is 0.0465 e. The van der Waals surface area contributed by atoms with Gasteiger partial charge in [0.05, 0.1) is 0 Å². The van der Waals surface area contributed by atoms with Gasteiger partial charge >= 0.3 is 0 Å². The Morgan fingerprint density at radius 2 is 0.663 bits per heavy atom. The molecule has 0 unspecified atom stereocenters. The van der Waals surface area contributed by atoms with Gasteiger partial charge in [0, 0.05) is 55.8 Å². The molecule has 89 heavy (non-hydrogen) atoms. The van der Waals surface area contributed by atoms with E-state index in [1.54, 1.807) is 0 Å². The molecular formula is C87H74N2. The third kappa shape index (κ3) is 9.39. The fraction of sp³-hybridized carbons (Fsp3) is 0.149. The van der Waals surface area contributed by atoms with Crippen LogP contribution in [0.25, 0.3) is 68.5 Å². The first kappa shape index (κ1) is 55.6. The number of anilines is 6. The van der Waals surface area contributed by atoms with Crippen LogP contribution in [-0.2, 0) is 28.1 Å². The van der Waals surface area contributed by atoms with Crippen LogP contribution in [0.1, 0.15) is 122 Å². The molecule has 11 aromatic rings. The predicted molar refractivity (Wildman–Crippen MR) is 381 cm³/mol. The third-order valence-electron chi connectivity index (χ3n) is 20.3. The highest BCUT2D eigenvalue weighted by Gasteiger charge is 2.39. The van der Waals surface area contributed by atoms with E-state index in [1.807, 2.05) is 0 Å². The zero-order valence-electron chi connectivity index (χ0n) is 52.4. The van der Waals surface area contributed by atoms with Crippen molar-refractivity contribution in [1.29, 1.82) is 0 Å². The number of benzene rings is 11. The lowest BCUT2D eigenvalue weighted by molar-refractivity contribution is 0.635. The van der Waals surface area contributed by atoms with Crippen LogP contribution < -0.4 is 9.80 Å². The van der Waals surface area contributed by atoms with Gasteiger partial charge in [-0.2, -0.15) is 0 Å². The van der Waals surface area contributed by atoms with Crippen LogP contribution in [0.15, 0.2) is 267 Å². The maximum atomic E-state index is 4.53. The zero-order valence-corrected chi connectivity index (χ0v) is 52.4. The third-order valence-corrected chi connectivity index (χ3v) is 20.3. The summed E-state index contributed by atoms with van der Waals surface area (Å²) >= 11 is 0. The summed E-state index contributed by atoms with van der Waals surface area (Å²) in [5, 5.41) is 2.45. The lowest BCUT2D eigenvalue weighted by Gasteiger charge is -2.32. The number of rotatable bonds is 10. The molecule has 0 radical (unpaired) electrons. The Hall–Kier alpha value is -10.0. The molecule has 0 N–H and O–H groups in total. The van der Waals surface area contributed by atoms with Crippen LogP contribution >= 0.6 is 0 Å². The number of para-hydroxylation sites is 2. The summed E-state index contributed by atoms with van der Waals surface area (Å²) in [5.41, 5.74) is 30.7. The van der Waals surface area contributed by atoms with Gasteiger partial charge < -0.3 is 9.80 Å². The molecule has 4 aliphatic rings. The van der Waals surface area contributed by atoms with Crippen molar-refractivity contribution < 1.29 is 0 Å². The number of fused-ring (bicyclic) bond motifs is 11. The molecule has 0 saturated carbocycles. The Labute approximate surface area is 526 Å². The number of hydrogen-bond donors (Lipinski definition) is 0. The van der Waals surface area contributed by atoms with Crippen molar-refractivity contribution in [2.45, 2.75) is 83.5 Å². The van der Waals surface area contributed by atoms with Gasteiger partial charge in [0.15, 0.2) is 0 Å². The Morgan fingerprint density at radius 1 is 0.303 bits per heavy atom. The lowest BCUT2D eigenvalue weighted by Crippen LogP contribution is -2.22. The molecule has 0 aliphatic heterocycles. The van der Waals surface area contributed by atoms with E-state index in [-0.39, 0.29) is 21.7 Å². The minimum Gasteiger partial charge on any atom is -0.310 e. The van der Waals surface area contributed by atoms with Crippen LogP contribution in [0.5, 0.6) is 0 Å². The summed E-state index contributed by atoms with van der Waals surface area (Å²) in [5.74, 6) is 0. The molecule has 2 heteroatoms. The first-order chi connectivity index (χ1) is 43.0. The minimum absolute atomic E-state index is 0.0914. The summed E-state index contributed by atoms with van der Waals surface area (Å²) < 4.78 is 0. The van der Waals surface area contributed by atoms with Crippen LogP contribution in [-0.4, -0.2) is 0 Å². The Bertz CT molecular complexity index is 4820. The highest BCUT2D eigenvalue weighted by atomic mass is 15.1. The molecule has 0 spiro atoms. The van der Waals surface area contributed by atoms with Crippen molar-refractivity contribution in [3.05, 3.63) is 334 Å². The highest BCUT2D eigenvalue weighted by Crippen LogP contribution is 2.55. The molecule has 4 aliphatic carbocycles. The molecule has 11 aromatic carbocycles. The molecule has 0 saturated heterocycles. The average Bonchev–Trinajstić information content (AvgIpc) is 1.62. The fourth-order valence-corrected chi connectivity index (χ4v) is 15.0. The number of allylic oxidation sites excluding steroid dienone is 5. The van der Waals surface area contributed by atoms with Gasteiger partial charge in [-0.05, 0) is 208 Å². The molecule has 0 bridgehead atoms. The molecule has 0 amide bonds. The number of nitrogens with zero attached hydrogens (tertiary/aromatic N) is 2. The Balaban J connectivity index is 0.656. The first-order valence-corrected chi connectivity index (χ1v) is 31.6. The molecule has 432 valence electrons. The quantitative estimate of drug-likeness (QED) is 0.126. The molecular weight excluding hydrogens is 1070 g/mol. The van der Waals surface area contributed by atoms with Gasteiger partial charge in [-0.3, -0.25) is 0 Å². The van der Waals surface area contributed by atoms with Crippen molar-refractivity contribution in [3.63, 3.8) is 0 Å². The van der Waals surface area contributed by atoms with Crippen molar-refractivity contribution in [2.75, 3.05) is 9.80 Å². The van der Waals surface area contributed by atoms with Crippen LogP contribution in [0.4, 0.5) is 34.1 Å². The molecule has 0 fully saturated rings. The van der Waals surface area contributed by atoms with Crippen molar-refractivity contribution in [2.24, 2.45) is 0 Å². The SMILES string of the molecule is C=C1/C=C\C=C/Cc2ccc(N(c3ccccc3)c3ccc4c(c3)C(C)(C)c3cc(/C=C/c5ccc6cc(/C=C/c7ccc8c(c7)C(C)(C)c7cc(N(c9ccccc9)c9ccc%10c(c9)C(C)(C)c9ccccc9-%10)ccc7-8)ccc6c5)ccc3-4)cc2C1(C)C. The van der Waals surface area contributed by atoms with Gasteiger partial charge in [0.1, 0.15) is 0 Å². The van der Waals surface area contributed by atoms with E-state index in [0.29, 0.717) is 0 Å². The molecule has 15 rings (SSSR count). The summed E-state index contributed by atoms with van der Waals surface area (Å²) in [4.78, 5) is 4.86. The van der Waals surface area contributed by atoms with Gasteiger partial charge in [0.25, 0.3) is 0 Å². The normalized spacial score (nSPS) is 16.5. The Kier molecular flexibility index (Phi) is 13.2. The van der Waals surface area contributed by atoms with Gasteiger partial charge in [-0.25, -0.2) is 0 Å². The topological polar surface area (TPSA) is 6.48 Å². The molecule has 2 nitrogen and oxygen atoms in total. The van der Waals surface area contributed by atoms with E-state index < -0.39 is 0 Å². The number of hydrogen-bond acceptors (Lipinski definition) is 2. The van der Waals surface area contributed by atoms with E-state index in [1.165, 1.54) is 117 Å². The average molecular weight is 1150 g/mol. The van der Waals surface area contributed by atoms with Crippen LogP contribution in [0.2, 0.25) is 0 Å². The fourth-order valence-electron chi connectivity index (χ4n) is 15.0. The minimum atomic E-state index is -0.237. The smallest absolute Gasteiger partial charge is 0.0465 e. The van der Waals surface area contributed by atoms with Crippen molar-refractivity contribution >= 4 is 69.2 Å². The summed E-state index contributed by atoms with van der Waals surface area (Å²) in [6.07, 6.45) is 18.6. The van der Waals surface area contributed by atoms with E-state index in [9.17, 15) is 0 Å². The Morgan fingerprint density at radius 3 is 1.13 bits per heavy atom. The second-order valence-electron chi connectivity index (χ2n) is 27.1. The summed E-state index contributed by atoms with van der Waals surface area (Å²) in [7, 11) is 0. The molecule has 0 heterocycles. The van der Waals surface area contributed by atoms with Crippen molar-refractivity contribution in [1.82, 2.24) is 0 Å². The van der Waals surface area contributed by atoms with Crippen LogP contribution in [0, 0.1) is 0 Å². The second-order valence-corrected chi connectivity index (χ2v) is 27.1. The van der Waals surface area contributed by atoms with E-state index >= 15 is 0 Å². The lowest BCUT2D eigenvalue weighted by atomic mass is 9.75. The van der Waals surface area contributed by atoms with E-state index in [0.717, 1.165) is 40.4 Å². The summed E-state index contributed by atoms with van der Waals surface area (Å²) in [6, 6.07) is 86.5. The predicted octanol–water partition coefficient (Wildman–Crippen LogP) is 23.5. The van der Waals surface area contributed by atoms with E-state index in [2.05, 4.69) is 351 Å². The highest BCUT2D eigenvalue weighted by molar-refractivity contribution is 5.93. The maximum absolute atomic E-state index is 4.53. The second kappa shape index (κ2) is 21.1. The van der Waals surface area contributed by atoms with Gasteiger partial charge in [-0.1, -0.05) is 256 Å². The van der Waals surface area contributed by atoms with Crippen molar-refractivity contribution in [3.8, 4) is 33.4 Å². The zero-order chi connectivity index (χ0) is 61.0. The monoisotopic (exact) mass is 1150 g/mol. The largest absolute Gasteiger partial charge is 0.310 e. The summed E-state index contributed by atoms with van der Waals surface area (Å²) in [6.45, 7) is 23.4.